The van der Waals surface area contributed by atoms with Crippen molar-refractivity contribution in [2.45, 2.75) is 6.92 Å². The summed E-state index contributed by atoms with van der Waals surface area (Å²) in [7, 11) is 0. The van der Waals surface area contributed by atoms with E-state index in [1.54, 1.807) is 6.92 Å². The molecular weight excluding hydrogens is 106 g/mol. The van der Waals surface area contributed by atoms with Gasteiger partial charge in [0.1, 0.15) is 0 Å². The molecule has 0 unspecified atom stereocenters. The Morgan fingerprint density at radius 3 is 2.62 bits per heavy atom. The lowest BCUT2D eigenvalue weighted by molar-refractivity contribution is 0.420. The zero-order valence-corrected chi connectivity index (χ0v) is 4.37. The Labute approximate surface area is 46.2 Å². The highest BCUT2D eigenvalue weighted by Gasteiger charge is 1.87. The molecule has 0 saturated carbocycles. The third kappa shape index (κ3) is 0.900. The lowest BCUT2D eigenvalue weighted by Crippen LogP contribution is -1.86. The van der Waals surface area contributed by atoms with Gasteiger partial charge in [0, 0.05) is 0 Å². The lowest BCUT2D eigenvalue weighted by atomic mass is 10.6. The Balaban J connectivity index is 3.03. The minimum Gasteiger partial charge on any atom is -0.478 e. The second kappa shape index (κ2) is 1.73. The second-order valence-corrected chi connectivity index (χ2v) is 1.40. The van der Waals surface area contributed by atoms with Crippen molar-refractivity contribution in [2.75, 3.05) is 0 Å². The number of rotatable bonds is 0. The van der Waals surface area contributed by atoms with Gasteiger partial charge in [0.05, 0.1) is 11.9 Å². The van der Waals surface area contributed by atoms with Gasteiger partial charge >= 0.3 is 6.01 Å². The smallest absolute Gasteiger partial charge is 0.333 e. The highest BCUT2D eigenvalue weighted by molar-refractivity contribution is 4.92. The topological polar surface area (TPSA) is 58.9 Å². The number of nitrogens with zero attached hydrogens (tertiary/aromatic N) is 3. The minimum absolute atomic E-state index is 0.282. The molecule has 42 valence electrons. The van der Waals surface area contributed by atoms with Gasteiger partial charge in [-0.25, -0.2) is 4.98 Å². The van der Waals surface area contributed by atoms with Crippen molar-refractivity contribution < 1.29 is 5.11 Å². The standard InChI is InChI=1S/C4H5N3O/c1-3-2-5-4(8)7-6-3/h2H,1H3,(H,5,7,8). The zero-order valence-electron chi connectivity index (χ0n) is 4.37. The Morgan fingerprint density at radius 1 is 1.50 bits per heavy atom. The van der Waals surface area contributed by atoms with E-state index in [0.29, 0.717) is 5.69 Å². The van der Waals surface area contributed by atoms with Gasteiger partial charge in [-0.2, -0.15) is 0 Å². The molecule has 0 radical (unpaired) electrons. The summed E-state index contributed by atoms with van der Waals surface area (Å²) in [4.78, 5) is 3.46. The van der Waals surface area contributed by atoms with Crippen molar-refractivity contribution in [1.29, 1.82) is 0 Å². The highest BCUT2D eigenvalue weighted by atomic mass is 16.3. The maximum atomic E-state index is 8.47. The van der Waals surface area contributed by atoms with Crippen molar-refractivity contribution in [2.24, 2.45) is 0 Å². The molecule has 8 heavy (non-hydrogen) atoms. The predicted octanol–water partition coefficient (Wildman–Crippen LogP) is -0.114. The fourth-order valence-electron chi connectivity index (χ4n) is 0.326. The largest absolute Gasteiger partial charge is 0.478 e. The van der Waals surface area contributed by atoms with Crippen LogP contribution >= 0.6 is 0 Å². The van der Waals surface area contributed by atoms with E-state index >= 15 is 0 Å². The monoisotopic (exact) mass is 111 g/mol. The molecule has 0 atom stereocenters. The van der Waals surface area contributed by atoms with Crippen LogP contribution in [-0.4, -0.2) is 20.3 Å². The molecule has 1 N–H and O–H groups in total. The van der Waals surface area contributed by atoms with Gasteiger partial charge < -0.3 is 5.11 Å². The van der Waals surface area contributed by atoms with Crippen LogP contribution in [0.4, 0.5) is 0 Å². The molecule has 4 heteroatoms. The SMILES string of the molecule is Cc1cnc(O)nn1. The Morgan fingerprint density at radius 2 is 2.25 bits per heavy atom. The molecule has 1 aromatic heterocycles. The number of hydrogen-bond donors (Lipinski definition) is 1. The van der Waals surface area contributed by atoms with Gasteiger partial charge in [-0.3, -0.25) is 0 Å². The van der Waals surface area contributed by atoms with Crippen LogP contribution < -0.4 is 0 Å². The minimum atomic E-state index is -0.282. The molecule has 0 aliphatic carbocycles. The number of aromatic hydroxyl groups is 1. The third-order valence-electron chi connectivity index (χ3n) is 0.664. The van der Waals surface area contributed by atoms with E-state index < -0.39 is 0 Å². The van der Waals surface area contributed by atoms with Crippen LogP contribution in [0.5, 0.6) is 6.01 Å². The van der Waals surface area contributed by atoms with Crippen LogP contribution in [0.2, 0.25) is 0 Å². The van der Waals surface area contributed by atoms with Crippen LogP contribution in [0.25, 0.3) is 0 Å². The van der Waals surface area contributed by atoms with Gasteiger partial charge in [0.15, 0.2) is 0 Å². The molecule has 0 aromatic carbocycles. The fourth-order valence-corrected chi connectivity index (χ4v) is 0.326. The van der Waals surface area contributed by atoms with Gasteiger partial charge in [0.2, 0.25) is 0 Å². The fraction of sp³-hybridized carbons (Fsp3) is 0.250. The summed E-state index contributed by atoms with van der Waals surface area (Å²) < 4.78 is 0. The maximum absolute atomic E-state index is 8.47. The average molecular weight is 111 g/mol. The molecule has 0 bridgehead atoms. The predicted molar refractivity (Wildman–Crippen MR) is 26.2 cm³/mol. The van der Waals surface area contributed by atoms with Crippen molar-refractivity contribution in [1.82, 2.24) is 15.2 Å². The van der Waals surface area contributed by atoms with E-state index in [2.05, 4.69) is 15.2 Å². The number of aromatic nitrogens is 3. The molecule has 0 fully saturated rings. The molecule has 0 spiro atoms. The van der Waals surface area contributed by atoms with Crippen molar-refractivity contribution in [3.05, 3.63) is 11.9 Å². The zero-order chi connectivity index (χ0) is 5.98. The summed E-state index contributed by atoms with van der Waals surface area (Å²) in [6, 6.07) is -0.282. The molecule has 0 aliphatic heterocycles. The first-order valence-corrected chi connectivity index (χ1v) is 2.14. The van der Waals surface area contributed by atoms with Crippen LogP contribution in [0.1, 0.15) is 5.69 Å². The molecule has 1 heterocycles. The maximum Gasteiger partial charge on any atom is 0.333 e. The summed E-state index contributed by atoms with van der Waals surface area (Å²) in [5.41, 5.74) is 0.697. The quantitative estimate of drug-likeness (QED) is 0.507. The Kier molecular flexibility index (Phi) is 1.07. The van der Waals surface area contributed by atoms with Crippen LogP contribution in [0.3, 0.4) is 0 Å². The first-order valence-electron chi connectivity index (χ1n) is 2.14. The highest BCUT2D eigenvalue weighted by Crippen LogP contribution is 1.91. The summed E-state index contributed by atoms with van der Waals surface area (Å²) >= 11 is 0. The van der Waals surface area contributed by atoms with Crippen LogP contribution in [-0.2, 0) is 0 Å². The van der Waals surface area contributed by atoms with Gasteiger partial charge in [-0.15, -0.1) is 5.10 Å². The lowest BCUT2D eigenvalue weighted by Gasteiger charge is -1.85. The normalized spacial score (nSPS) is 9.12. The van der Waals surface area contributed by atoms with Gasteiger partial charge in [-0.05, 0) is 6.92 Å². The van der Waals surface area contributed by atoms with E-state index in [0.717, 1.165) is 0 Å². The van der Waals surface area contributed by atoms with E-state index in [4.69, 9.17) is 5.11 Å². The molecule has 1 rings (SSSR count). The number of aryl methyl sites for hydroxylation is 1. The van der Waals surface area contributed by atoms with Gasteiger partial charge in [0.25, 0.3) is 0 Å². The summed E-state index contributed by atoms with van der Waals surface area (Å²) in [6.45, 7) is 1.75. The molecular formula is C4H5N3O. The second-order valence-electron chi connectivity index (χ2n) is 1.40. The van der Waals surface area contributed by atoms with Crippen LogP contribution in [0, 0.1) is 6.92 Å². The first-order chi connectivity index (χ1) is 3.79. The van der Waals surface area contributed by atoms with E-state index in [1.807, 2.05) is 0 Å². The van der Waals surface area contributed by atoms with E-state index in [9.17, 15) is 0 Å². The summed E-state index contributed by atoms with van der Waals surface area (Å²) in [6.07, 6.45) is 1.45. The van der Waals surface area contributed by atoms with Crippen LogP contribution in [0.15, 0.2) is 6.20 Å². The first kappa shape index (κ1) is 4.96. The molecule has 0 saturated heterocycles. The van der Waals surface area contributed by atoms with Crippen molar-refractivity contribution >= 4 is 0 Å². The Hall–Kier alpha value is -1.19. The summed E-state index contributed by atoms with van der Waals surface area (Å²) in [5.74, 6) is 0. The van der Waals surface area contributed by atoms with E-state index in [1.165, 1.54) is 6.20 Å². The number of hydrogen-bond acceptors (Lipinski definition) is 4. The molecule has 0 aliphatic rings. The third-order valence-corrected chi connectivity index (χ3v) is 0.664. The van der Waals surface area contributed by atoms with Gasteiger partial charge in [-0.1, -0.05) is 5.10 Å². The van der Waals surface area contributed by atoms with E-state index in [-0.39, 0.29) is 6.01 Å². The average Bonchev–Trinajstić information content (AvgIpc) is 1.77. The molecule has 0 amide bonds. The molecule has 4 nitrogen and oxygen atoms in total. The summed E-state index contributed by atoms with van der Waals surface area (Å²) in [5, 5.41) is 15.3. The molecule has 1 aromatic rings. The van der Waals surface area contributed by atoms with Crippen molar-refractivity contribution in [3.63, 3.8) is 0 Å². The Bertz CT molecular complexity index is 150. The van der Waals surface area contributed by atoms with Crippen molar-refractivity contribution in [3.8, 4) is 6.01 Å².